The monoisotopic (exact) mass is 338 g/mol. The van der Waals surface area contributed by atoms with Crippen molar-refractivity contribution in [2.45, 2.75) is 51.5 Å². The maximum absolute atomic E-state index is 12.3. The standard InChI is InChI=1S/C20H26N4O/c25-19-16-9-3-4-10-17(16)22-20(23-19)21-14-15-8-2-5-11-18(15)24-12-6-1-7-13-24/h2,5,8,11H,1,3-4,6-7,9-10,12-14H2,(H2,21,22,23,25). The normalized spacial score (nSPS) is 17.2. The average Bonchev–Trinajstić information content (AvgIpc) is 2.67. The van der Waals surface area contributed by atoms with Crippen molar-refractivity contribution in [1.29, 1.82) is 0 Å². The van der Waals surface area contributed by atoms with Crippen molar-refractivity contribution in [3.05, 3.63) is 51.4 Å². The molecule has 0 amide bonds. The van der Waals surface area contributed by atoms with Crippen molar-refractivity contribution >= 4 is 11.6 Å². The molecular formula is C20H26N4O. The number of fused-ring (bicyclic) bond motifs is 1. The summed E-state index contributed by atoms with van der Waals surface area (Å²) in [5.41, 5.74) is 4.43. The second-order valence-electron chi connectivity index (χ2n) is 7.08. The summed E-state index contributed by atoms with van der Waals surface area (Å²) < 4.78 is 0. The molecule has 2 N–H and O–H groups in total. The molecule has 0 atom stereocenters. The molecule has 1 aliphatic heterocycles. The summed E-state index contributed by atoms with van der Waals surface area (Å²) in [5.74, 6) is 0.596. The highest BCUT2D eigenvalue weighted by Crippen LogP contribution is 2.25. The molecule has 2 aliphatic rings. The molecule has 4 rings (SSSR count). The molecule has 0 unspecified atom stereocenters. The van der Waals surface area contributed by atoms with Crippen LogP contribution in [0.3, 0.4) is 0 Å². The minimum Gasteiger partial charge on any atom is -0.371 e. The van der Waals surface area contributed by atoms with E-state index in [0.29, 0.717) is 12.5 Å². The van der Waals surface area contributed by atoms with Crippen LogP contribution < -0.4 is 15.8 Å². The van der Waals surface area contributed by atoms with Gasteiger partial charge >= 0.3 is 0 Å². The molecule has 1 fully saturated rings. The molecular weight excluding hydrogens is 312 g/mol. The summed E-state index contributed by atoms with van der Waals surface area (Å²) >= 11 is 0. The lowest BCUT2D eigenvalue weighted by molar-refractivity contribution is 0.576. The average molecular weight is 338 g/mol. The van der Waals surface area contributed by atoms with E-state index in [-0.39, 0.29) is 5.56 Å². The van der Waals surface area contributed by atoms with Crippen molar-refractivity contribution in [2.24, 2.45) is 0 Å². The Morgan fingerprint density at radius 2 is 1.84 bits per heavy atom. The van der Waals surface area contributed by atoms with Crippen LogP contribution in [0, 0.1) is 0 Å². The number of H-pyrrole nitrogens is 1. The second-order valence-corrected chi connectivity index (χ2v) is 7.08. The van der Waals surface area contributed by atoms with Gasteiger partial charge in [0.1, 0.15) is 0 Å². The van der Waals surface area contributed by atoms with Crippen LogP contribution in [0.2, 0.25) is 0 Å². The Bertz CT molecular complexity index is 793. The van der Waals surface area contributed by atoms with Crippen molar-refractivity contribution in [3.63, 3.8) is 0 Å². The van der Waals surface area contributed by atoms with E-state index in [9.17, 15) is 4.79 Å². The Balaban J connectivity index is 1.52. The number of aryl methyl sites for hydroxylation is 1. The maximum Gasteiger partial charge on any atom is 0.255 e. The van der Waals surface area contributed by atoms with Crippen molar-refractivity contribution in [1.82, 2.24) is 9.97 Å². The Labute approximate surface area is 148 Å². The zero-order chi connectivity index (χ0) is 17.1. The molecule has 1 saturated heterocycles. The van der Waals surface area contributed by atoms with Crippen LogP contribution in [0.5, 0.6) is 0 Å². The first kappa shape index (κ1) is 16.2. The third kappa shape index (κ3) is 3.55. The molecule has 25 heavy (non-hydrogen) atoms. The molecule has 0 bridgehead atoms. The minimum atomic E-state index is 0.0246. The molecule has 0 radical (unpaired) electrons. The van der Waals surface area contributed by atoms with E-state index in [1.54, 1.807) is 0 Å². The van der Waals surface area contributed by atoms with Crippen LogP contribution >= 0.6 is 0 Å². The summed E-state index contributed by atoms with van der Waals surface area (Å²) in [6.07, 6.45) is 7.85. The van der Waals surface area contributed by atoms with Crippen LogP contribution in [0.1, 0.15) is 48.9 Å². The summed E-state index contributed by atoms with van der Waals surface area (Å²) in [5, 5.41) is 3.34. The third-order valence-electron chi connectivity index (χ3n) is 5.33. The molecule has 1 aliphatic carbocycles. The Kier molecular flexibility index (Phi) is 4.72. The Morgan fingerprint density at radius 1 is 1.04 bits per heavy atom. The molecule has 2 aromatic rings. The van der Waals surface area contributed by atoms with Gasteiger partial charge in [0.2, 0.25) is 5.95 Å². The molecule has 2 heterocycles. The lowest BCUT2D eigenvalue weighted by Crippen LogP contribution is -2.30. The van der Waals surface area contributed by atoms with Gasteiger partial charge in [-0.25, -0.2) is 4.98 Å². The van der Waals surface area contributed by atoms with E-state index in [1.165, 1.54) is 30.5 Å². The lowest BCUT2D eigenvalue weighted by atomic mass is 9.97. The van der Waals surface area contributed by atoms with Gasteiger partial charge in [-0.15, -0.1) is 0 Å². The summed E-state index contributed by atoms with van der Waals surface area (Å²) in [4.78, 5) is 22.3. The van der Waals surface area contributed by atoms with E-state index in [0.717, 1.165) is 50.0 Å². The van der Waals surface area contributed by atoms with E-state index in [1.807, 2.05) is 0 Å². The van der Waals surface area contributed by atoms with E-state index in [4.69, 9.17) is 0 Å². The molecule has 132 valence electrons. The molecule has 0 saturated carbocycles. The number of nitrogens with one attached hydrogen (secondary N) is 2. The number of piperidine rings is 1. The van der Waals surface area contributed by atoms with E-state index in [2.05, 4.69) is 44.5 Å². The van der Waals surface area contributed by atoms with Gasteiger partial charge in [0.25, 0.3) is 5.56 Å². The van der Waals surface area contributed by atoms with Crippen molar-refractivity contribution < 1.29 is 0 Å². The smallest absolute Gasteiger partial charge is 0.255 e. The van der Waals surface area contributed by atoms with Crippen molar-refractivity contribution in [2.75, 3.05) is 23.3 Å². The van der Waals surface area contributed by atoms with Gasteiger partial charge < -0.3 is 10.2 Å². The number of aromatic amines is 1. The predicted octanol–water partition coefficient (Wildman–Crippen LogP) is 3.25. The number of para-hydroxylation sites is 1. The van der Waals surface area contributed by atoms with Gasteiger partial charge in [-0.3, -0.25) is 9.78 Å². The quantitative estimate of drug-likeness (QED) is 0.898. The summed E-state index contributed by atoms with van der Waals surface area (Å²) in [6.45, 7) is 2.93. The van der Waals surface area contributed by atoms with Crippen LogP contribution in [-0.4, -0.2) is 23.1 Å². The SMILES string of the molecule is O=c1[nH]c(NCc2ccccc2N2CCCCC2)nc2c1CCCC2. The van der Waals surface area contributed by atoms with Gasteiger partial charge in [0, 0.05) is 30.9 Å². The zero-order valence-electron chi connectivity index (χ0n) is 14.7. The zero-order valence-corrected chi connectivity index (χ0v) is 14.7. The maximum atomic E-state index is 12.3. The number of aromatic nitrogens is 2. The van der Waals surface area contributed by atoms with Gasteiger partial charge in [-0.1, -0.05) is 18.2 Å². The van der Waals surface area contributed by atoms with E-state index >= 15 is 0 Å². The molecule has 0 spiro atoms. The number of hydrogen-bond donors (Lipinski definition) is 2. The molecule has 5 nitrogen and oxygen atoms in total. The summed E-state index contributed by atoms with van der Waals surface area (Å²) in [6, 6.07) is 8.54. The third-order valence-corrected chi connectivity index (χ3v) is 5.33. The lowest BCUT2D eigenvalue weighted by Gasteiger charge is -2.30. The van der Waals surface area contributed by atoms with Crippen LogP contribution in [0.25, 0.3) is 0 Å². The van der Waals surface area contributed by atoms with Gasteiger partial charge in [-0.05, 0) is 56.6 Å². The fraction of sp³-hybridized carbons (Fsp3) is 0.500. The van der Waals surface area contributed by atoms with Gasteiger partial charge in [-0.2, -0.15) is 0 Å². The Hall–Kier alpha value is -2.30. The molecule has 1 aromatic heterocycles. The minimum absolute atomic E-state index is 0.0246. The largest absolute Gasteiger partial charge is 0.371 e. The topological polar surface area (TPSA) is 61.0 Å². The Morgan fingerprint density at radius 3 is 2.72 bits per heavy atom. The molecule has 1 aromatic carbocycles. The van der Waals surface area contributed by atoms with E-state index < -0.39 is 0 Å². The summed E-state index contributed by atoms with van der Waals surface area (Å²) in [7, 11) is 0. The first-order valence-electron chi connectivity index (χ1n) is 9.50. The van der Waals surface area contributed by atoms with Gasteiger partial charge in [0.05, 0.1) is 5.69 Å². The first-order chi connectivity index (χ1) is 12.3. The van der Waals surface area contributed by atoms with Crippen LogP contribution in [0.15, 0.2) is 29.1 Å². The highest BCUT2D eigenvalue weighted by Gasteiger charge is 2.16. The number of anilines is 2. The number of rotatable bonds is 4. The van der Waals surface area contributed by atoms with Crippen molar-refractivity contribution in [3.8, 4) is 0 Å². The number of nitrogens with zero attached hydrogens (tertiary/aromatic N) is 2. The fourth-order valence-corrected chi connectivity index (χ4v) is 3.97. The van der Waals surface area contributed by atoms with Gasteiger partial charge in [0.15, 0.2) is 0 Å². The number of hydrogen-bond acceptors (Lipinski definition) is 4. The van der Waals surface area contributed by atoms with Crippen LogP contribution in [-0.2, 0) is 19.4 Å². The highest BCUT2D eigenvalue weighted by molar-refractivity contribution is 5.55. The predicted molar refractivity (Wildman–Crippen MR) is 101 cm³/mol. The highest BCUT2D eigenvalue weighted by atomic mass is 16.1. The first-order valence-corrected chi connectivity index (χ1v) is 9.50. The number of benzene rings is 1. The molecule has 5 heteroatoms. The second kappa shape index (κ2) is 7.30. The fourth-order valence-electron chi connectivity index (χ4n) is 3.97. The van der Waals surface area contributed by atoms with Crippen LogP contribution in [0.4, 0.5) is 11.6 Å².